The lowest BCUT2D eigenvalue weighted by molar-refractivity contribution is -0.146. The minimum absolute atomic E-state index is 0.237. The third kappa shape index (κ3) is 1.89. The van der Waals surface area contributed by atoms with Crippen LogP contribution < -0.4 is 5.73 Å². The summed E-state index contributed by atoms with van der Waals surface area (Å²) in [7, 11) is 0. The summed E-state index contributed by atoms with van der Waals surface area (Å²) >= 11 is 0. The molecule has 2 rings (SSSR count). The fourth-order valence-electron chi connectivity index (χ4n) is 3.11. The zero-order valence-electron chi connectivity index (χ0n) is 9.50. The van der Waals surface area contributed by atoms with Crippen LogP contribution in [0.3, 0.4) is 0 Å². The third-order valence-corrected chi connectivity index (χ3v) is 4.14. The summed E-state index contributed by atoms with van der Waals surface area (Å²) in [6, 6.07) is 0. The van der Waals surface area contributed by atoms with E-state index in [1.165, 1.54) is 12.8 Å². The predicted molar refractivity (Wildman–Crippen MR) is 58.2 cm³/mol. The molecule has 3 nitrogen and oxygen atoms in total. The number of ether oxygens (including phenoxy) is 1. The van der Waals surface area contributed by atoms with Crippen LogP contribution in [0.1, 0.15) is 45.4 Å². The van der Waals surface area contributed by atoms with E-state index in [4.69, 9.17) is 10.5 Å². The molecule has 1 atom stereocenters. The molecule has 1 amide bonds. The van der Waals surface area contributed by atoms with Gasteiger partial charge in [0.25, 0.3) is 0 Å². The van der Waals surface area contributed by atoms with Gasteiger partial charge in [-0.15, -0.1) is 0 Å². The summed E-state index contributed by atoms with van der Waals surface area (Å²) in [5.74, 6) is 0.931. The second-order valence-electron chi connectivity index (χ2n) is 5.16. The number of nitrogens with two attached hydrogens (primary N) is 1. The van der Waals surface area contributed by atoms with Crippen LogP contribution in [0, 0.1) is 11.8 Å². The summed E-state index contributed by atoms with van der Waals surface area (Å²) < 4.78 is 5.70. The van der Waals surface area contributed by atoms with Gasteiger partial charge in [-0.3, -0.25) is 4.79 Å². The van der Waals surface area contributed by atoms with Gasteiger partial charge in [0.05, 0.1) is 0 Å². The van der Waals surface area contributed by atoms with Gasteiger partial charge in [-0.25, -0.2) is 0 Å². The normalized spacial score (nSPS) is 41.7. The molecule has 86 valence electrons. The van der Waals surface area contributed by atoms with Crippen molar-refractivity contribution in [1.82, 2.24) is 0 Å². The van der Waals surface area contributed by atoms with Crippen LogP contribution >= 0.6 is 0 Å². The molecule has 0 spiro atoms. The van der Waals surface area contributed by atoms with Crippen molar-refractivity contribution in [3.05, 3.63) is 0 Å². The number of carbonyl (C=O) groups is 1. The third-order valence-electron chi connectivity index (χ3n) is 4.14. The Morgan fingerprint density at radius 3 is 2.47 bits per heavy atom. The Labute approximate surface area is 91.4 Å². The van der Waals surface area contributed by atoms with Gasteiger partial charge in [0.1, 0.15) is 5.60 Å². The van der Waals surface area contributed by atoms with Gasteiger partial charge in [0.15, 0.2) is 0 Å². The Kier molecular flexibility index (Phi) is 3.01. The molecule has 1 unspecified atom stereocenters. The van der Waals surface area contributed by atoms with E-state index < -0.39 is 5.60 Å². The minimum atomic E-state index is -0.611. The van der Waals surface area contributed by atoms with E-state index in [1.54, 1.807) is 0 Å². The van der Waals surface area contributed by atoms with Crippen molar-refractivity contribution >= 4 is 5.91 Å². The molecule has 1 aliphatic heterocycles. The number of rotatable bonds is 2. The van der Waals surface area contributed by atoms with Crippen LogP contribution in [0.15, 0.2) is 0 Å². The lowest BCUT2D eigenvalue weighted by Crippen LogP contribution is -2.50. The number of hydrogen-bond acceptors (Lipinski definition) is 2. The molecule has 1 heterocycles. The average molecular weight is 211 g/mol. The SMILES string of the molecule is C[C@H]1CC[C@@H](C2(C(N)=O)CCCO2)CC1. The maximum Gasteiger partial charge on any atom is 0.249 e. The lowest BCUT2D eigenvalue weighted by Gasteiger charge is -2.37. The zero-order valence-corrected chi connectivity index (χ0v) is 9.50. The highest BCUT2D eigenvalue weighted by atomic mass is 16.5. The van der Waals surface area contributed by atoms with Crippen molar-refractivity contribution in [2.75, 3.05) is 6.61 Å². The Hall–Kier alpha value is -0.570. The molecule has 15 heavy (non-hydrogen) atoms. The first-order valence-corrected chi connectivity index (χ1v) is 6.09. The van der Waals surface area contributed by atoms with E-state index in [0.29, 0.717) is 12.5 Å². The first-order valence-electron chi connectivity index (χ1n) is 6.09. The summed E-state index contributed by atoms with van der Waals surface area (Å²) in [4.78, 5) is 11.6. The molecule has 0 aromatic heterocycles. The van der Waals surface area contributed by atoms with E-state index in [2.05, 4.69) is 6.92 Å². The second kappa shape index (κ2) is 4.12. The van der Waals surface area contributed by atoms with Gasteiger partial charge in [-0.2, -0.15) is 0 Å². The number of hydrogen-bond donors (Lipinski definition) is 1. The van der Waals surface area contributed by atoms with E-state index in [1.807, 2.05) is 0 Å². The number of carbonyl (C=O) groups excluding carboxylic acids is 1. The van der Waals surface area contributed by atoms with E-state index >= 15 is 0 Å². The zero-order chi connectivity index (χ0) is 10.9. The highest BCUT2D eigenvalue weighted by Crippen LogP contribution is 2.42. The standard InChI is InChI=1S/C12H21NO2/c1-9-3-5-10(6-4-9)12(11(13)14)7-2-8-15-12/h9-10H,2-8H2,1H3,(H2,13,14)/t9-,10+,12?. The van der Waals surface area contributed by atoms with Gasteiger partial charge < -0.3 is 10.5 Å². The number of primary amides is 1. The lowest BCUT2D eigenvalue weighted by atomic mass is 9.72. The van der Waals surface area contributed by atoms with E-state index in [0.717, 1.165) is 31.6 Å². The summed E-state index contributed by atoms with van der Waals surface area (Å²) in [6.45, 7) is 2.98. The van der Waals surface area contributed by atoms with E-state index in [-0.39, 0.29) is 5.91 Å². The highest BCUT2D eigenvalue weighted by molar-refractivity contribution is 5.84. The van der Waals surface area contributed by atoms with Crippen molar-refractivity contribution in [2.24, 2.45) is 17.6 Å². The molecule has 2 aliphatic rings. The first kappa shape index (κ1) is 10.9. The molecule has 1 aliphatic carbocycles. The molecule has 2 N–H and O–H groups in total. The van der Waals surface area contributed by atoms with Crippen LogP contribution in [0.2, 0.25) is 0 Å². The van der Waals surface area contributed by atoms with Gasteiger partial charge in [0, 0.05) is 6.61 Å². The van der Waals surface area contributed by atoms with Crippen molar-refractivity contribution in [2.45, 2.75) is 51.0 Å². The average Bonchev–Trinajstić information content (AvgIpc) is 2.69. The second-order valence-corrected chi connectivity index (χ2v) is 5.16. The Morgan fingerprint density at radius 1 is 1.33 bits per heavy atom. The Balaban J connectivity index is 2.08. The fraction of sp³-hybridized carbons (Fsp3) is 0.917. The fourth-order valence-corrected chi connectivity index (χ4v) is 3.11. The molecule has 1 saturated carbocycles. The van der Waals surface area contributed by atoms with Crippen molar-refractivity contribution < 1.29 is 9.53 Å². The van der Waals surface area contributed by atoms with Gasteiger partial charge in [0.2, 0.25) is 5.91 Å². The van der Waals surface area contributed by atoms with Crippen molar-refractivity contribution in [3.8, 4) is 0 Å². The molecule has 2 fully saturated rings. The Bertz CT molecular complexity index is 238. The molecule has 0 aromatic rings. The Morgan fingerprint density at radius 2 is 2.00 bits per heavy atom. The van der Waals surface area contributed by atoms with Crippen LogP contribution in [-0.2, 0) is 9.53 Å². The van der Waals surface area contributed by atoms with Crippen molar-refractivity contribution in [1.29, 1.82) is 0 Å². The molecule has 3 heteroatoms. The molecule has 0 aromatic carbocycles. The quantitative estimate of drug-likeness (QED) is 0.757. The van der Waals surface area contributed by atoms with E-state index in [9.17, 15) is 4.79 Å². The maximum absolute atomic E-state index is 11.6. The maximum atomic E-state index is 11.6. The van der Waals surface area contributed by atoms with Crippen LogP contribution in [0.25, 0.3) is 0 Å². The molecular weight excluding hydrogens is 190 g/mol. The first-order chi connectivity index (χ1) is 7.15. The largest absolute Gasteiger partial charge is 0.367 e. The molecule has 0 bridgehead atoms. The highest BCUT2D eigenvalue weighted by Gasteiger charge is 2.48. The monoisotopic (exact) mass is 211 g/mol. The topological polar surface area (TPSA) is 52.3 Å². The van der Waals surface area contributed by atoms with Gasteiger partial charge in [-0.05, 0) is 37.5 Å². The minimum Gasteiger partial charge on any atom is -0.367 e. The smallest absolute Gasteiger partial charge is 0.249 e. The van der Waals surface area contributed by atoms with Crippen LogP contribution in [0.5, 0.6) is 0 Å². The van der Waals surface area contributed by atoms with Crippen LogP contribution in [-0.4, -0.2) is 18.1 Å². The number of amides is 1. The molecule has 1 saturated heterocycles. The summed E-state index contributed by atoms with van der Waals surface area (Å²) in [5, 5.41) is 0. The van der Waals surface area contributed by atoms with Gasteiger partial charge >= 0.3 is 0 Å². The van der Waals surface area contributed by atoms with Crippen molar-refractivity contribution in [3.63, 3.8) is 0 Å². The van der Waals surface area contributed by atoms with Crippen LogP contribution in [0.4, 0.5) is 0 Å². The summed E-state index contributed by atoms with van der Waals surface area (Å²) in [5.41, 5.74) is 4.92. The summed E-state index contributed by atoms with van der Waals surface area (Å²) in [6.07, 6.45) is 6.44. The predicted octanol–water partition coefficient (Wildman–Crippen LogP) is 1.85. The molecule has 0 radical (unpaired) electrons. The van der Waals surface area contributed by atoms with Gasteiger partial charge in [-0.1, -0.05) is 19.8 Å². The molecular formula is C12H21NO2.